The fourth-order valence-electron chi connectivity index (χ4n) is 2.41. The van der Waals surface area contributed by atoms with Crippen LogP contribution < -0.4 is 15.2 Å². The quantitative estimate of drug-likeness (QED) is 0.560. The van der Waals surface area contributed by atoms with E-state index in [4.69, 9.17) is 9.88 Å². The van der Waals surface area contributed by atoms with Gasteiger partial charge in [-0.2, -0.15) is 0 Å². The molecule has 0 radical (unpaired) electrons. The molecule has 3 rings (SSSR count). The number of benzene rings is 2. The summed E-state index contributed by atoms with van der Waals surface area (Å²) >= 11 is 1.58. The molecule has 2 aromatic carbocycles. The third-order valence-corrected chi connectivity index (χ3v) is 5.52. The zero-order valence-electron chi connectivity index (χ0n) is 15.5. The lowest BCUT2D eigenvalue weighted by molar-refractivity contribution is -0.111. The number of thiazole rings is 1. The SMILES string of the molecule is Cc1nc(COc2ccc(/C=C/C(=O)Nc3cccc(S(N)(=O)=O)c3)cc2)cs1. The Labute approximate surface area is 172 Å². The van der Waals surface area contributed by atoms with Crippen LogP contribution in [0.15, 0.2) is 64.9 Å². The molecule has 0 bridgehead atoms. The largest absolute Gasteiger partial charge is 0.487 e. The number of nitrogens with one attached hydrogen (secondary N) is 1. The first-order chi connectivity index (χ1) is 13.8. The molecule has 0 fully saturated rings. The Balaban J connectivity index is 1.56. The summed E-state index contributed by atoms with van der Waals surface area (Å²) in [6.45, 7) is 2.35. The summed E-state index contributed by atoms with van der Waals surface area (Å²) in [5.41, 5.74) is 2.04. The standard InChI is InChI=1S/C20H19N3O4S2/c1-14-22-17(13-28-14)12-27-18-8-5-15(6-9-18)7-10-20(24)23-16-3-2-4-19(11-16)29(21,25)26/h2-11,13H,12H2,1H3,(H,23,24)(H2,21,25,26)/b10-7+. The minimum Gasteiger partial charge on any atom is -0.487 e. The molecule has 150 valence electrons. The van der Waals surface area contributed by atoms with Gasteiger partial charge in [-0.05, 0) is 48.9 Å². The Hall–Kier alpha value is -3.01. The highest BCUT2D eigenvalue weighted by Gasteiger charge is 2.08. The number of sulfonamides is 1. The molecule has 3 aromatic rings. The molecule has 29 heavy (non-hydrogen) atoms. The van der Waals surface area contributed by atoms with Crippen LogP contribution in [-0.4, -0.2) is 19.3 Å². The number of carbonyl (C=O) groups is 1. The van der Waals surface area contributed by atoms with Crippen molar-refractivity contribution in [3.63, 3.8) is 0 Å². The van der Waals surface area contributed by atoms with Gasteiger partial charge >= 0.3 is 0 Å². The van der Waals surface area contributed by atoms with Crippen molar-refractivity contribution >= 4 is 39.0 Å². The van der Waals surface area contributed by atoms with Crippen LogP contribution in [-0.2, 0) is 21.4 Å². The predicted molar refractivity (Wildman–Crippen MR) is 113 cm³/mol. The third kappa shape index (κ3) is 6.24. The first-order valence-corrected chi connectivity index (χ1v) is 11.0. The van der Waals surface area contributed by atoms with E-state index in [1.165, 1.54) is 24.3 Å². The van der Waals surface area contributed by atoms with E-state index in [-0.39, 0.29) is 4.90 Å². The van der Waals surface area contributed by atoms with Gasteiger partial charge < -0.3 is 10.1 Å². The molecule has 0 atom stereocenters. The summed E-state index contributed by atoms with van der Waals surface area (Å²) in [5.74, 6) is 0.313. The van der Waals surface area contributed by atoms with Crippen molar-refractivity contribution in [1.82, 2.24) is 4.98 Å². The van der Waals surface area contributed by atoms with Gasteiger partial charge in [0.25, 0.3) is 0 Å². The number of anilines is 1. The van der Waals surface area contributed by atoms with Gasteiger partial charge in [-0.15, -0.1) is 11.3 Å². The Bertz CT molecular complexity index is 1140. The maximum Gasteiger partial charge on any atom is 0.248 e. The molecule has 1 heterocycles. The summed E-state index contributed by atoms with van der Waals surface area (Å²) in [5, 5.41) is 10.7. The number of nitrogens with zero attached hydrogens (tertiary/aromatic N) is 1. The van der Waals surface area contributed by atoms with Gasteiger partial charge in [0.05, 0.1) is 15.6 Å². The lowest BCUT2D eigenvalue weighted by Gasteiger charge is -2.05. The number of primary sulfonamides is 1. The van der Waals surface area contributed by atoms with Gasteiger partial charge in [-0.1, -0.05) is 18.2 Å². The zero-order chi connectivity index (χ0) is 20.9. The van der Waals surface area contributed by atoms with Gasteiger partial charge in [0.2, 0.25) is 15.9 Å². The van der Waals surface area contributed by atoms with Crippen LogP contribution >= 0.6 is 11.3 Å². The Kier molecular flexibility index (Phi) is 6.42. The molecule has 7 nitrogen and oxygen atoms in total. The number of hydrogen-bond acceptors (Lipinski definition) is 6. The van der Waals surface area contributed by atoms with Crippen LogP contribution in [0.1, 0.15) is 16.3 Å². The maximum absolute atomic E-state index is 12.1. The normalized spacial score (nSPS) is 11.5. The van der Waals surface area contributed by atoms with E-state index >= 15 is 0 Å². The Morgan fingerprint density at radius 1 is 1.24 bits per heavy atom. The monoisotopic (exact) mass is 429 g/mol. The van der Waals surface area contributed by atoms with Crippen molar-refractivity contribution in [2.24, 2.45) is 5.14 Å². The number of carbonyl (C=O) groups excluding carboxylic acids is 1. The Morgan fingerprint density at radius 3 is 2.66 bits per heavy atom. The number of aromatic nitrogens is 1. The van der Waals surface area contributed by atoms with Crippen molar-refractivity contribution in [3.8, 4) is 5.75 Å². The lowest BCUT2D eigenvalue weighted by atomic mass is 10.2. The van der Waals surface area contributed by atoms with Gasteiger partial charge in [0.15, 0.2) is 0 Å². The van der Waals surface area contributed by atoms with Crippen LogP contribution in [0.2, 0.25) is 0 Å². The minimum atomic E-state index is -3.83. The topological polar surface area (TPSA) is 111 Å². The molecule has 3 N–H and O–H groups in total. The van der Waals surface area contributed by atoms with E-state index in [0.29, 0.717) is 18.0 Å². The second kappa shape index (κ2) is 8.99. The number of ether oxygens (including phenoxy) is 1. The highest BCUT2D eigenvalue weighted by molar-refractivity contribution is 7.89. The first-order valence-electron chi connectivity index (χ1n) is 8.55. The predicted octanol–water partition coefficient (Wildman–Crippen LogP) is 3.33. The number of rotatable bonds is 7. The third-order valence-electron chi connectivity index (χ3n) is 3.79. The van der Waals surface area contributed by atoms with Crippen LogP contribution in [0.4, 0.5) is 5.69 Å². The second-order valence-corrected chi connectivity index (χ2v) is 8.73. The summed E-state index contributed by atoms with van der Waals surface area (Å²) in [6.07, 6.45) is 3.00. The highest BCUT2D eigenvalue weighted by Crippen LogP contribution is 2.17. The first kappa shape index (κ1) is 20.7. The van der Waals surface area contributed by atoms with Crippen LogP contribution in [0, 0.1) is 6.92 Å². The van der Waals surface area contributed by atoms with Crippen molar-refractivity contribution in [3.05, 3.63) is 76.3 Å². The van der Waals surface area contributed by atoms with E-state index < -0.39 is 15.9 Å². The van der Waals surface area contributed by atoms with E-state index in [9.17, 15) is 13.2 Å². The van der Waals surface area contributed by atoms with Crippen LogP contribution in [0.25, 0.3) is 6.08 Å². The molecule has 0 saturated heterocycles. The molecule has 0 aliphatic carbocycles. The molecule has 9 heteroatoms. The molecule has 1 aromatic heterocycles. The molecule has 0 aliphatic heterocycles. The van der Waals surface area contributed by atoms with Gasteiger partial charge in [0, 0.05) is 17.1 Å². The van der Waals surface area contributed by atoms with Crippen molar-refractivity contribution in [1.29, 1.82) is 0 Å². The number of aryl methyl sites for hydroxylation is 1. The number of amides is 1. The highest BCUT2D eigenvalue weighted by atomic mass is 32.2. The molecular formula is C20H19N3O4S2. The molecule has 0 saturated carbocycles. The van der Waals surface area contributed by atoms with E-state index in [1.54, 1.807) is 23.5 Å². The summed E-state index contributed by atoms with van der Waals surface area (Å²) in [7, 11) is -3.83. The Morgan fingerprint density at radius 2 is 2.00 bits per heavy atom. The number of nitrogens with two attached hydrogens (primary N) is 1. The second-order valence-electron chi connectivity index (χ2n) is 6.11. The summed E-state index contributed by atoms with van der Waals surface area (Å²) < 4.78 is 28.4. The fraction of sp³-hybridized carbons (Fsp3) is 0.100. The summed E-state index contributed by atoms with van der Waals surface area (Å²) in [6, 6.07) is 13.0. The van der Waals surface area contributed by atoms with E-state index in [2.05, 4.69) is 10.3 Å². The van der Waals surface area contributed by atoms with E-state index in [1.807, 2.05) is 36.6 Å². The minimum absolute atomic E-state index is 0.0670. The fourth-order valence-corrected chi connectivity index (χ4v) is 3.57. The van der Waals surface area contributed by atoms with Crippen LogP contribution in [0.3, 0.4) is 0 Å². The zero-order valence-corrected chi connectivity index (χ0v) is 17.2. The van der Waals surface area contributed by atoms with Crippen molar-refractivity contribution < 1.29 is 17.9 Å². The van der Waals surface area contributed by atoms with Crippen molar-refractivity contribution in [2.45, 2.75) is 18.4 Å². The maximum atomic E-state index is 12.1. The van der Waals surface area contributed by atoms with Crippen LogP contribution in [0.5, 0.6) is 5.75 Å². The van der Waals surface area contributed by atoms with Crippen molar-refractivity contribution in [2.75, 3.05) is 5.32 Å². The van der Waals surface area contributed by atoms with Gasteiger partial charge in [0.1, 0.15) is 12.4 Å². The molecule has 0 aliphatic rings. The average molecular weight is 430 g/mol. The van der Waals surface area contributed by atoms with Gasteiger partial charge in [-0.25, -0.2) is 18.5 Å². The van der Waals surface area contributed by atoms with Gasteiger partial charge in [-0.3, -0.25) is 4.79 Å². The average Bonchev–Trinajstić information content (AvgIpc) is 3.10. The lowest BCUT2D eigenvalue weighted by Crippen LogP contribution is -2.13. The summed E-state index contributed by atoms with van der Waals surface area (Å²) in [4.78, 5) is 16.3. The number of hydrogen-bond donors (Lipinski definition) is 2. The molecule has 0 unspecified atom stereocenters. The molecule has 1 amide bonds. The molecule has 0 spiro atoms. The smallest absolute Gasteiger partial charge is 0.248 e. The van der Waals surface area contributed by atoms with E-state index in [0.717, 1.165) is 16.3 Å². The molecular weight excluding hydrogens is 410 g/mol.